The first-order valence-electron chi connectivity index (χ1n) is 10.3. The summed E-state index contributed by atoms with van der Waals surface area (Å²) >= 11 is 3.46. The molecule has 9 heteroatoms. The van der Waals surface area contributed by atoms with Gasteiger partial charge in [0, 0.05) is 16.0 Å². The molecule has 3 heterocycles. The molecule has 3 amide bonds. The molecule has 3 aliphatic heterocycles. The topological polar surface area (TPSA) is 76.2 Å². The van der Waals surface area contributed by atoms with Crippen molar-refractivity contribution >= 4 is 39.5 Å². The van der Waals surface area contributed by atoms with Gasteiger partial charge in [-0.3, -0.25) is 9.59 Å². The SMILES string of the molecule is CCOC(=O)[C@@H]1[C@H]2COc3ccc(Br)cc3[C@H]2N2C(=O)N(c3ccc(F)cc3)C(=O)[C@@]12C. The Labute approximate surface area is 192 Å². The van der Waals surface area contributed by atoms with E-state index in [9.17, 15) is 18.8 Å². The molecular formula is C23H20BrFN2O5. The van der Waals surface area contributed by atoms with Gasteiger partial charge < -0.3 is 14.4 Å². The number of amides is 3. The van der Waals surface area contributed by atoms with Crippen LogP contribution in [0, 0.1) is 17.7 Å². The number of carbonyl (C=O) groups is 3. The largest absolute Gasteiger partial charge is 0.493 e. The Morgan fingerprint density at radius 3 is 2.66 bits per heavy atom. The first-order valence-corrected chi connectivity index (χ1v) is 11.1. The van der Waals surface area contributed by atoms with Gasteiger partial charge >= 0.3 is 12.0 Å². The molecule has 2 fully saturated rings. The van der Waals surface area contributed by atoms with Gasteiger partial charge in [0.05, 0.1) is 30.9 Å². The van der Waals surface area contributed by atoms with E-state index in [1.165, 1.54) is 29.2 Å². The Kier molecular flexibility index (Phi) is 4.77. The molecule has 2 aromatic carbocycles. The van der Waals surface area contributed by atoms with E-state index < -0.39 is 47.1 Å². The van der Waals surface area contributed by atoms with Gasteiger partial charge in [0.15, 0.2) is 0 Å². The zero-order chi connectivity index (χ0) is 22.8. The molecular weight excluding hydrogens is 483 g/mol. The van der Waals surface area contributed by atoms with Crippen molar-refractivity contribution in [1.82, 2.24) is 4.90 Å². The molecule has 0 spiro atoms. The summed E-state index contributed by atoms with van der Waals surface area (Å²) in [5.74, 6) is -2.34. The Hall–Kier alpha value is -2.94. The number of halogens is 2. The molecule has 7 nitrogen and oxygen atoms in total. The molecule has 5 rings (SSSR count). The van der Waals surface area contributed by atoms with E-state index in [1.807, 2.05) is 12.1 Å². The van der Waals surface area contributed by atoms with Crippen molar-refractivity contribution in [3.63, 3.8) is 0 Å². The maximum Gasteiger partial charge on any atom is 0.332 e. The van der Waals surface area contributed by atoms with Crippen LogP contribution < -0.4 is 9.64 Å². The Morgan fingerprint density at radius 1 is 1.25 bits per heavy atom. The molecule has 0 unspecified atom stereocenters. The van der Waals surface area contributed by atoms with Crippen LogP contribution >= 0.6 is 15.9 Å². The maximum absolute atomic E-state index is 13.8. The van der Waals surface area contributed by atoms with Gasteiger partial charge in [-0.05, 0) is 56.3 Å². The highest BCUT2D eigenvalue weighted by Gasteiger charge is 2.72. The average molecular weight is 503 g/mol. The molecule has 32 heavy (non-hydrogen) atoms. The van der Waals surface area contributed by atoms with Gasteiger partial charge in [-0.15, -0.1) is 0 Å². The highest BCUT2D eigenvalue weighted by molar-refractivity contribution is 9.10. The number of carbonyl (C=O) groups excluding carboxylic acids is 3. The van der Waals surface area contributed by atoms with Crippen molar-refractivity contribution in [2.75, 3.05) is 18.1 Å². The van der Waals surface area contributed by atoms with Crippen molar-refractivity contribution in [3.8, 4) is 5.75 Å². The summed E-state index contributed by atoms with van der Waals surface area (Å²) < 4.78 is 25.5. The quantitative estimate of drug-likeness (QED) is 0.467. The van der Waals surface area contributed by atoms with Gasteiger partial charge in [-0.1, -0.05) is 15.9 Å². The normalized spacial score (nSPS) is 28.2. The predicted molar refractivity (Wildman–Crippen MR) is 116 cm³/mol. The van der Waals surface area contributed by atoms with E-state index in [4.69, 9.17) is 9.47 Å². The fourth-order valence-electron chi connectivity index (χ4n) is 5.28. The van der Waals surface area contributed by atoms with Crippen molar-refractivity contribution in [2.45, 2.75) is 25.4 Å². The lowest BCUT2D eigenvalue weighted by Gasteiger charge is -2.34. The van der Waals surface area contributed by atoms with Gasteiger partial charge in [-0.25, -0.2) is 14.1 Å². The highest BCUT2D eigenvalue weighted by Crippen LogP contribution is 2.58. The van der Waals surface area contributed by atoms with Crippen LogP contribution in [0.15, 0.2) is 46.9 Å². The van der Waals surface area contributed by atoms with Crippen LogP contribution in [0.25, 0.3) is 0 Å². The molecule has 166 valence electrons. The lowest BCUT2D eigenvalue weighted by molar-refractivity contribution is -0.154. The van der Waals surface area contributed by atoms with Gasteiger partial charge in [0.2, 0.25) is 0 Å². The molecule has 0 bridgehead atoms. The second-order valence-corrected chi connectivity index (χ2v) is 9.16. The minimum absolute atomic E-state index is 0.148. The summed E-state index contributed by atoms with van der Waals surface area (Å²) in [6.07, 6.45) is 0. The van der Waals surface area contributed by atoms with E-state index in [0.29, 0.717) is 5.75 Å². The van der Waals surface area contributed by atoms with E-state index >= 15 is 0 Å². The smallest absolute Gasteiger partial charge is 0.332 e. The maximum atomic E-state index is 13.8. The number of ether oxygens (including phenoxy) is 2. The first-order chi connectivity index (χ1) is 15.3. The molecule has 0 aliphatic carbocycles. The van der Waals surface area contributed by atoms with Gasteiger partial charge in [-0.2, -0.15) is 0 Å². The number of hydrogen-bond donors (Lipinski definition) is 0. The summed E-state index contributed by atoms with van der Waals surface area (Å²) in [4.78, 5) is 43.1. The Morgan fingerprint density at radius 2 is 1.97 bits per heavy atom. The standard InChI is InChI=1S/C23H20BrFN2O5/c1-3-31-20(28)18-16-11-32-17-9-4-12(24)10-15(17)19(16)27-22(30)26(21(29)23(18,27)2)14-7-5-13(25)6-8-14/h4-10,16,18-19H,3,11H2,1-2H3/t16-,18+,19-,23-/m1/s1. The Bertz CT molecular complexity index is 1140. The van der Waals surface area contributed by atoms with Crippen LogP contribution in [0.4, 0.5) is 14.9 Å². The number of anilines is 1. The number of urea groups is 1. The minimum atomic E-state index is -1.47. The number of rotatable bonds is 3. The second kappa shape index (κ2) is 7.30. The van der Waals surface area contributed by atoms with Crippen LogP contribution in [0.5, 0.6) is 5.75 Å². The van der Waals surface area contributed by atoms with Crippen molar-refractivity contribution in [1.29, 1.82) is 0 Å². The third kappa shape index (κ3) is 2.73. The van der Waals surface area contributed by atoms with Crippen molar-refractivity contribution < 1.29 is 28.2 Å². The predicted octanol–water partition coefficient (Wildman–Crippen LogP) is 4.06. The molecule has 4 atom stereocenters. The molecule has 0 N–H and O–H groups in total. The fraction of sp³-hybridized carbons (Fsp3) is 0.348. The fourth-order valence-corrected chi connectivity index (χ4v) is 5.66. The van der Waals surface area contributed by atoms with E-state index in [-0.39, 0.29) is 18.9 Å². The number of nitrogens with zero attached hydrogens (tertiary/aromatic N) is 2. The average Bonchev–Trinajstić information content (AvgIpc) is 3.14. The number of fused-ring (bicyclic) bond motifs is 5. The third-order valence-electron chi connectivity index (χ3n) is 6.60. The number of imide groups is 1. The zero-order valence-corrected chi connectivity index (χ0v) is 19.0. The van der Waals surface area contributed by atoms with E-state index in [0.717, 1.165) is 14.9 Å². The zero-order valence-electron chi connectivity index (χ0n) is 17.4. The van der Waals surface area contributed by atoms with Crippen molar-refractivity contribution in [2.24, 2.45) is 11.8 Å². The molecule has 3 aliphatic rings. The second-order valence-electron chi connectivity index (χ2n) is 8.25. The van der Waals surface area contributed by atoms with Gasteiger partial charge in [0.1, 0.15) is 17.1 Å². The Balaban J connectivity index is 1.69. The first kappa shape index (κ1) is 20.9. The molecule has 2 saturated heterocycles. The van der Waals surface area contributed by atoms with Crippen LogP contribution in [-0.2, 0) is 14.3 Å². The van der Waals surface area contributed by atoms with Crippen LogP contribution in [-0.4, -0.2) is 41.6 Å². The molecule has 0 aromatic heterocycles. The summed E-state index contributed by atoms with van der Waals surface area (Å²) in [5, 5.41) is 0. The van der Waals surface area contributed by atoms with Crippen LogP contribution in [0.2, 0.25) is 0 Å². The monoisotopic (exact) mass is 502 g/mol. The molecule has 2 aromatic rings. The number of esters is 1. The summed E-state index contributed by atoms with van der Waals surface area (Å²) in [6, 6.07) is 9.49. The third-order valence-corrected chi connectivity index (χ3v) is 7.09. The molecule has 0 radical (unpaired) electrons. The molecule has 0 saturated carbocycles. The van der Waals surface area contributed by atoms with E-state index in [1.54, 1.807) is 19.9 Å². The highest BCUT2D eigenvalue weighted by atomic mass is 79.9. The summed E-state index contributed by atoms with van der Waals surface area (Å²) in [5.41, 5.74) is -0.506. The number of benzene rings is 2. The van der Waals surface area contributed by atoms with E-state index in [2.05, 4.69) is 15.9 Å². The van der Waals surface area contributed by atoms with Crippen LogP contribution in [0.3, 0.4) is 0 Å². The van der Waals surface area contributed by atoms with Gasteiger partial charge in [0.25, 0.3) is 5.91 Å². The lowest BCUT2D eigenvalue weighted by Crippen LogP contribution is -2.51. The van der Waals surface area contributed by atoms with Crippen LogP contribution in [0.1, 0.15) is 25.5 Å². The summed E-state index contributed by atoms with van der Waals surface area (Å²) in [6.45, 7) is 3.62. The number of hydrogen-bond acceptors (Lipinski definition) is 5. The van der Waals surface area contributed by atoms with Crippen molar-refractivity contribution in [3.05, 3.63) is 58.3 Å². The minimum Gasteiger partial charge on any atom is -0.493 e. The summed E-state index contributed by atoms with van der Waals surface area (Å²) in [7, 11) is 0. The lowest BCUT2D eigenvalue weighted by atomic mass is 9.77.